The molecule has 0 fully saturated rings. The van der Waals surface area contributed by atoms with E-state index < -0.39 is 0 Å². The highest BCUT2D eigenvalue weighted by Gasteiger charge is 2.17. The van der Waals surface area contributed by atoms with Crippen LogP contribution in [0.2, 0.25) is 0 Å². The van der Waals surface area contributed by atoms with Gasteiger partial charge in [-0.05, 0) is 44.4 Å². The minimum Gasteiger partial charge on any atom is -0.467 e. The van der Waals surface area contributed by atoms with Crippen molar-refractivity contribution in [2.75, 3.05) is 13.9 Å². The van der Waals surface area contributed by atoms with Crippen LogP contribution in [-0.4, -0.2) is 19.9 Å². The Hall–Kier alpha value is -1.81. The van der Waals surface area contributed by atoms with Gasteiger partial charge in [0.1, 0.15) is 11.5 Å². The molecule has 110 valence electrons. The van der Waals surface area contributed by atoms with Gasteiger partial charge in [-0.3, -0.25) is 4.79 Å². The number of methoxy groups -OCH3 is 1. The van der Waals surface area contributed by atoms with E-state index >= 15 is 0 Å². The molecule has 1 aromatic rings. The second-order valence-corrected chi connectivity index (χ2v) is 4.90. The lowest BCUT2D eigenvalue weighted by Crippen LogP contribution is -2.09. The SMILES string of the molecule is C=C(C)Cc1c(C)c(OCOC)cc(C)c1OC(C)=O. The van der Waals surface area contributed by atoms with E-state index in [2.05, 4.69) is 6.58 Å². The minimum atomic E-state index is -0.332. The van der Waals surface area contributed by atoms with Crippen LogP contribution in [0.4, 0.5) is 0 Å². The van der Waals surface area contributed by atoms with Gasteiger partial charge in [0.05, 0.1) is 0 Å². The Kier molecular flexibility index (Phi) is 5.77. The first-order valence-corrected chi connectivity index (χ1v) is 6.44. The highest BCUT2D eigenvalue weighted by atomic mass is 16.7. The molecule has 0 heterocycles. The smallest absolute Gasteiger partial charge is 0.308 e. The summed E-state index contributed by atoms with van der Waals surface area (Å²) in [4.78, 5) is 11.3. The molecule has 0 amide bonds. The predicted molar refractivity (Wildman–Crippen MR) is 78.2 cm³/mol. The van der Waals surface area contributed by atoms with E-state index in [0.29, 0.717) is 12.2 Å². The summed E-state index contributed by atoms with van der Waals surface area (Å²) in [5, 5.41) is 0. The molecule has 0 aromatic heterocycles. The fourth-order valence-electron chi connectivity index (χ4n) is 2.00. The zero-order chi connectivity index (χ0) is 15.3. The van der Waals surface area contributed by atoms with Gasteiger partial charge >= 0.3 is 5.97 Å². The van der Waals surface area contributed by atoms with Crippen molar-refractivity contribution >= 4 is 5.97 Å². The summed E-state index contributed by atoms with van der Waals surface area (Å²) >= 11 is 0. The minimum absolute atomic E-state index is 0.180. The van der Waals surface area contributed by atoms with Gasteiger partial charge in [-0.25, -0.2) is 0 Å². The number of carbonyl (C=O) groups is 1. The quantitative estimate of drug-likeness (QED) is 0.346. The van der Waals surface area contributed by atoms with Gasteiger partial charge in [0.15, 0.2) is 6.79 Å². The van der Waals surface area contributed by atoms with Gasteiger partial charge in [-0.15, -0.1) is 0 Å². The lowest BCUT2D eigenvalue weighted by Gasteiger charge is -2.18. The summed E-state index contributed by atoms with van der Waals surface area (Å²) in [6.07, 6.45) is 0.638. The van der Waals surface area contributed by atoms with Crippen molar-refractivity contribution in [2.45, 2.75) is 34.1 Å². The number of esters is 1. The van der Waals surface area contributed by atoms with Crippen LogP contribution in [0.3, 0.4) is 0 Å². The molecule has 0 atom stereocenters. The standard InChI is InChI=1S/C16H22O4/c1-10(2)7-14-12(4)15(19-9-18-6)8-11(3)16(14)20-13(5)17/h8H,1,7,9H2,2-6H3. The van der Waals surface area contributed by atoms with Crippen LogP contribution in [0.15, 0.2) is 18.2 Å². The Morgan fingerprint density at radius 1 is 1.30 bits per heavy atom. The van der Waals surface area contributed by atoms with E-state index in [9.17, 15) is 4.79 Å². The molecule has 0 unspecified atom stereocenters. The van der Waals surface area contributed by atoms with Crippen molar-refractivity contribution in [3.8, 4) is 11.5 Å². The van der Waals surface area contributed by atoms with Crippen molar-refractivity contribution < 1.29 is 19.0 Å². The van der Waals surface area contributed by atoms with Gasteiger partial charge in [0, 0.05) is 19.6 Å². The molecule has 20 heavy (non-hydrogen) atoms. The van der Waals surface area contributed by atoms with Crippen molar-refractivity contribution in [3.05, 3.63) is 34.9 Å². The van der Waals surface area contributed by atoms with Gasteiger partial charge in [-0.1, -0.05) is 12.2 Å². The fourth-order valence-corrected chi connectivity index (χ4v) is 2.00. The third-order valence-electron chi connectivity index (χ3n) is 2.86. The van der Waals surface area contributed by atoms with E-state index in [0.717, 1.165) is 28.0 Å². The molecule has 0 bridgehead atoms. The highest BCUT2D eigenvalue weighted by Crippen LogP contribution is 2.35. The lowest BCUT2D eigenvalue weighted by molar-refractivity contribution is -0.132. The molecule has 0 aliphatic rings. The summed E-state index contributed by atoms with van der Waals surface area (Å²) in [7, 11) is 1.57. The molecule has 1 rings (SSSR count). The van der Waals surface area contributed by atoms with Gasteiger partial charge in [0.25, 0.3) is 0 Å². The van der Waals surface area contributed by atoms with Crippen molar-refractivity contribution in [1.82, 2.24) is 0 Å². The maximum Gasteiger partial charge on any atom is 0.308 e. The Bertz CT molecular complexity index is 518. The largest absolute Gasteiger partial charge is 0.467 e. The van der Waals surface area contributed by atoms with E-state index in [1.807, 2.05) is 26.8 Å². The molecule has 4 nitrogen and oxygen atoms in total. The topological polar surface area (TPSA) is 44.8 Å². The third-order valence-corrected chi connectivity index (χ3v) is 2.86. The number of rotatable bonds is 6. The fraction of sp³-hybridized carbons (Fsp3) is 0.438. The average molecular weight is 278 g/mol. The average Bonchev–Trinajstić information content (AvgIpc) is 2.35. The van der Waals surface area contributed by atoms with Crippen LogP contribution in [0.1, 0.15) is 30.5 Å². The van der Waals surface area contributed by atoms with E-state index in [1.165, 1.54) is 6.92 Å². The predicted octanol–water partition coefficient (Wildman–Crippen LogP) is 3.33. The first kappa shape index (κ1) is 16.2. The molecule has 0 aliphatic carbocycles. The summed E-state index contributed by atoms with van der Waals surface area (Å²) in [6, 6.07) is 1.86. The van der Waals surface area contributed by atoms with Crippen LogP contribution in [-0.2, 0) is 16.0 Å². The molecule has 0 saturated carbocycles. The molecule has 0 spiro atoms. The Morgan fingerprint density at radius 3 is 2.45 bits per heavy atom. The Balaban J connectivity index is 3.32. The number of benzene rings is 1. The third kappa shape index (κ3) is 4.10. The summed E-state index contributed by atoms with van der Waals surface area (Å²) in [5.74, 6) is 1.00. The molecule has 1 aromatic carbocycles. The van der Waals surface area contributed by atoms with Gasteiger partial charge in [0.2, 0.25) is 0 Å². The zero-order valence-electron chi connectivity index (χ0n) is 12.8. The van der Waals surface area contributed by atoms with Crippen LogP contribution in [0.25, 0.3) is 0 Å². The Morgan fingerprint density at radius 2 is 1.95 bits per heavy atom. The first-order valence-electron chi connectivity index (χ1n) is 6.44. The number of ether oxygens (including phenoxy) is 3. The molecular weight excluding hydrogens is 256 g/mol. The normalized spacial score (nSPS) is 10.2. The van der Waals surface area contributed by atoms with E-state index in [-0.39, 0.29) is 12.8 Å². The maximum atomic E-state index is 11.3. The molecule has 0 saturated heterocycles. The van der Waals surface area contributed by atoms with Crippen LogP contribution in [0.5, 0.6) is 11.5 Å². The highest BCUT2D eigenvalue weighted by molar-refractivity contribution is 5.71. The molecule has 0 N–H and O–H groups in total. The van der Waals surface area contributed by atoms with Crippen molar-refractivity contribution in [1.29, 1.82) is 0 Å². The maximum absolute atomic E-state index is 11.3. The zero-order valence-corrected chi connectivity index (χ0v) is 12.8. The lowest BCUT2D eigenvalue weighted by atomic mass is 9.97. The van der Waals surface area contributed by atoms with E-state index in [4.69, 9.17) is 14.2 Å². The number of carbonyl (C=O) groups excluding carboxylic acids is 1. The first-order chi connectivity index (χ1) is 9.36. The summed E-state index contributed by atoms with van der Waals surface area (Å²) in [6.45, 7) is 11.3. The molecule has 0 aliphatic heterocycles. The second-order valence-electron chi connectivity index (χ2n) is 4.90. The van der Waals surface area contributed by atoms with Crippen molar-refractivity contribution in [2.24, 2.45) is 0 Å². The molecule has 4 heteroatoms. The van der Waals surface area contributed by atoms with Crippen molar-refractivity contribution in [3.63, 3.8) is 0 Å². The molecular formula is C16H22O4. The Labute approximate surface area is 120 Å². The second kappa shape index (κ2) is 7.10. The van der Waals surface area contributed by atoms with Gasteiger partial charge < -0.3 is 14.2 Å². The van der Waals surface area contributed by atoms with E-state index in [1.54, 1.807) is 7.11 Å². The van der Waals surface area contributed by atoms with Gasteiger partial charge in [-0.2, -0.15) is 0 Å². The number of aryl methyl sites for hydroxylation is 1. The van der Waals surface area contributed by atoms with Crippen LogP contribution >= 0.6 is 0 Å². The molecule has 0 radical (unpaired) electrons. The summed E-state index contributed by atoms with van der Waals surface area (Å²) < 4.78 is 15.8. The van der Waals surface area contributed by atoms with Crippen LogP contribution in [0, 0.1) is 13.8 Å². The number of hydrogen-bond acceptors (Lipinski definition) is 4. The van der Waals surface area contributed by atoms with Crippen LogP contribution < -0.4 is 9.47 Å². The number of allylic oxidation sites excluding steroid dienone is 1. The number of hydrogen-bond donors (Lipinski definition) is 0. The summed E-state index contributed by atoms with van der Waals surface area (Å²) in [5.41, 5.74) is 3.71. The monoisotopic (exact) mass is 278 g/mol.